The molecule has 0 spiro atoms. The van der Waals surface area contributed by atoms with Crippen LogP contribution in [0.4, 0.5) is 11.4 Å². The number of nitrogens with zero attached hydrogens (tertiary/aromatic N) is 1. The van der Waals surface area contributed by atoms with Crippen molar-refractivity contribution in [3.63, 3.8) is 0 Å². The highest BCUT2D eigenvalue weighted by atomic mass is 16.2. The second-order valence-electron chi connectivity index (χ2n) is 6.32. The largest absolute Gasteiger partial charge is 0.370 e. The third kappa shape index (κ3) is 4.38. The van der Waals surface area contributed by atoms with Gasteiger partial charge in [0.15, 0.2) is 0 Å². The number of nitrogens with two attached hydrogens (primary N) is 1. The molecule has 130 valence electrons. The number of aryl methyl sites for hydroxylation is 1. The molecule has 5 nitrogen and oxygen atoms in total. The summed E-state index contributed by atoms with van der Waals surface area (Å²) in [5.41, 5.74) is 8.54. The minimum Gasteiger partial charge on any atom is -0.370 e. The van der Waals surface area contributed by atoms with E-state index in [9.17, 15) is 9.59 Å². The van der Waals surface area contributed by atoms with Crippen LogP contribution in [-0.4, -0.2) is 24.9 Å². The molecule has 3 rings (SSSR count). The van der Waals surface area contributed by atoms with Gasteiger partial charge in [0, 0.05) is 25.1 Å². The maximum absolute atomic E-state index is 12.4. The maximum Gasteiger partial charge on any atom is 0.248 e. The SMILES string of the molecule is NC(=O)c1ccc(N2CCCC2)c(NC(=O)CCc2ccccc2)c1. The first-order valence-electron chi connectivity index (χ1n) is 8.66. The molecule has 1 aliphatic rings. The summed E-state index contributed by atoms with van der Waals surface area (Å²) in [4.78, 5) is 26.1. The van der Waals surface area contributed by atoms with E-state index in [1.165, 1.54) is 0 Å². The molecule has 25 heavy (non-hydrogen) atoms. The second-order valence-corrected chi connectivity index (χ2v) is 6.32. The Balaban J connectivity index is 1.73. The molecule has 0 radical (unpaired) electrons. The number of nitrogens with one attached hydrogen (secondary N) is 1. The Morgan fingerprint density at radius 1 is 1.04 bits per heavy atom. The first kappa shape index (κ1) is 17.0. The summed E-state index contributed by atoms with van der Waals surface area (Å²) in [6.45, 7) is 1.92. The molecule has 0 unspecified atom stereocenters. The van der Waals surface area contributed by atoms with E-state index in [4.69, 9.17) is 5.73 Å². The van der Waals surface area contributed by atoms with Crippen LogP contribution in [0.25, 0.3) is 0 Å². The van der Waals surface area contributed by atoms with Crippen molar-refractivity contribution < 1.29 is 9.59 Å². The van der Waals surface area contributed by atoms with Crippen molar-refractivity contribution in [1.82, 2.24) is 0 Å². The summed E-state index contributed by atoms with van der Waals surface area (Å²) in [5, 5.41) is 2.96. The Morgan fingerprint density at radius 3 is 2.44 bits per heavy atom. The molecular formula is C20H23N3O2. The van der Waals surface area contributed by atoms with Gasteiger partial charge in [-0.15, -0.1) is 0 Å². The van der Waals surface area contributed by atoms with Crippen LogP contribution in [0.5, 0.6) is 0 Å². The van der Waals surface area contributed by atoms with Crippen molar-refractivity contribution >= 4 is 23.2 Å². The van der Waals surface area contributed by atoms with Crippen molar-refractivity contribution in [2.24, 2.45) is 5.73 Å². The summed E-state index contributed by atoms with van der Waals surface area (Å²) >= 11 is 0. The van der Waals surface area contributed by atoms with Gasteiger partial charge < -0.3 is 16.0 Å². The highest BCUT2D eigenvalue weighted by molar-refractivity contribution is 5.99. The predicted molar refractivity (Wildman–Crippen MR) is 99.8 cm³/mol. The van der Waals surface area contributed by atoms with Crippen LogP contribution < -0.4 is 16.0 Å². The molecular weight excluding hydrogens is 314 g/mol. The van der Waals surface area contributed by atoms with Gasteiger partial charge in [0.25, 0.3) is 0 Å². The fraction of sp³-hybridized carbons (Fsp3) is 0.300. The zero-order valence-electron chi connectivity index (χ0n) is 14.2. The summed E-state index contributed by atoms with van der Waals surface area (Å²) in [6.07, 6.45) is 3.35. The van der Waals surface area contributed by atoms with Gasteiger partial charge in [-0.05, 0) is 43.0 Å². The van der Waals surface area contributed by atoms with E-state index < -0.39 is 5.91 Å². The standard InChI is InChI=1S/C20H23N3O2/c21-20(25)16-9-10-18(23-12-4-5-13-23)17(14-16)22-19(24)11-8-15-6-2-1-3-7-15/h1-3,6-7,9-10,14H,4-5,8,11-13H2,(H2,21,25)(H,22,24). The molecule has 1 fully saturated rings. The molecule has 0 bridgehead atoms. The average Bonchev–Trinajstić information content (AvgIpc) is 3.15. The van der Waals surface area contributed by atoms with Gasteiger partial charge in [0.05, 0.1) is 11.4 Å². The van der Waals surface area contributed by atoms with Gasteiger partial charge in [-0.2, -0.15) is 0 Å². The van der Waals surface area contributed by atoms with Crippen LogP contribution in [0.1, 0.15) is 35.2 Å². The molecule has 2 aromatic carbocycles. The fourth-order valence-electron chi connectivity index (χ4n) is 3.14. The van der Waals surface area contributed by atoms with Gasteiger partial charge >= 0.3 is 0 Å². The van der Waals surface area contributed by atoms with Crippen molar-refractivity contribution in [1.29, 1.82) is 0 Å². The summed E-state index contributed by atoms with van der Waals surface area (Å²) in [5.74, 6) is -0.557. The van der Waals surface area contributed by atoms with E-state index in [2.05, 4.69) is 10.2 Å². The average molecular weight is 337 g/mol. The molecule has 2 aromatic rings. The minimum absolute atomic E-state index is 0.0640. The van der Waals surface area contributed by atoms with Gasteiger partial charge in [0.1, 0.15) is 0 Å². The lowest BCUT2D eigenvalue weighted by Crippen LogP contribution is -2.22. The Bertz CT molecular complexity index is 753. The Hall–Kier alpha value is -2.82. The number of hydrogen-bond acceptors (Lipinski definition) is 3. The van der Waals surface area contributed by atoms with Gasteiger partial charge in [-0.1, -0.05) is 30.3 Å². The molecule has 3 N–H and O–H groups in total. The topological polar surface area (TPSA) is 75.4 Å². The van der Waals surface area contributed by atoms with Crippen LogP contribution in [0.15, 0.2) is 48.5 Å². The lowest BCUT2D eigenvalue weighted by Gasteiger charge is -2.22. The zero-order chi connectivity index (χ0) is 17.6. The number of benzene rings is 2. The Morgan fingerprint density at radius 2 is 1.76 bits per heavy atom. The van der Waals surface area contributed by atoms with Gasteiger partial charge in [-0.3, -0.25) is 9.59 Å². The molecule has 2 amide bonds. The second kappa shape index (κ2) is 7.83. The number of rotatable bonds is 6. The zero-order valence-corrected chi connectivity index (χ0v) is 14.2. The van der Waals surface area contributed by atoms with Crippen LogP contribution in [0.2, 0.25) is 0 Å². The lowest BCUT2D eigenvalue weighted by molar-refractivity contribution is -0.116. The van der Waals surface area contributed by atoms with Crippen molar-refractivity contribution in [3.05, 3.63) is 59.7 Å². The van der Waals surface area contributed by atoms with E-state index >= 15 is 0 Å². The third-order valence-corrected chi connectivity index (χ3v) is 4.49. The maximum atomic E-state index is 12.4. The number of primary amides is 1. The third-order valence-electron chi connectivity index (χ3n) is 4.49. The van der Waals surface area contributed by atoms with E-state index in [0.29, 0.717) is 24.1 Å². The summed E-state index contributed by atoms with van der Waals surface area (Å²) in [6, 6.07) is 15.2. The van der Waals surface area contributed by atoms with Crippen LogP contribution in [-0.2, 0) is 11.2 Å². The minimum atomic E-state index is -0.493. The van der Waals surface area contributed by atoms with Gasteiger partial charge in [0.2, 0.25) is 11.8 Å². The highest BCUT2D eigenvalue weighted by Crippen LogP contribution is 2.30. The molecule has 0 saturated carbocycles. The highest BCUT2D eigenvalue weighted by Gasteiger charge is 2.18. The smallest absolute Gasteiger partial charge is 0.248 e. The van der Waals surface area contributed by atoms with Gasteiger partial charge in [-0.25, -0.2) is 0 Å². The van der Waals surface area contributed by atoms with E-state index in [1.54, 1.807) is 12.1 Å². The van der Waals surface area contributed by atoms with Crippen LogP contribution in [0, 0.1) is 0 Å². The van der Waals surface area contributed by atoms with Crippen molar-refractivity contribution in [2.45, 2.75) is 25.7 Å². The normalized spacial score (nSPS) is 13.7. The Labute approximate surface area is 147 Å². The molecule has 1 heterocycles. The van der Waals surface area contributed by atoms with Crippen LogP contribution >= 0.6 is 0 Å². The molecule has 0 aliphatic carbocycles. The summed E-state index contributed by atoms with van der Waals surface area (Å²) < 4.78 is 0. The monoisotopic (exact) mass is 337 g/mol. The Kier molecular flexibility index (Phi) is 5.33. The first-order valence-corrected chi connectivity index (χ1v) is 8.66. The number of carbonyl (C=O) groups excluding carboxylic acids is 2. The van der Waals surface area contributed by atoms with Crippen LogP contribution in [0.3, 0.4) is 0 Å². The summed E-state index contributed by atoms with van der Waals surface area (Å²) in [7, 11) is 0. The van der Waals surface area contributed by atoms with Crippen molar-refractivity contribution in [2.75, 3.05) is 23.3 Å². The molecule has 1 saturated heterocycles. The lowest BCUT2D eigenvalue weighted by atomic mass is 10.1. The van der Waals surface area contributed by atoms with E-state index in [0.717, 1.165) is 37.2 Å². The molecule has 1 aliphatic heterocycles. The number of carbonyl (C=O) groups is 2. The molecule has 0 aromatic heterocycles. The van der Waals surface area contributed by atoms with Crippen molar-refractivity contribution in [3.8, 4) is 0 Å². The van der Waals surface area contributed by atoms with E-state index in [1.807, 2.05) is 36.4 Å². The molecule has 5 heteroatoms. The predicted octanol–water partition coefficient (Wildman–Crippen LogP) is 2.96. The number of hydrogen-bond donors (Lipinski definition) is 2. The number of anilines is 2. The molecule has 0 atom stereocenters. The quantitative estimate of drug-likeness (QED) is 0.851. The van der Waals surface area contributed by atoms with E-state index in [-0.39, 0.29) is 5.91 Å². The fourth-order valence-corrected chi connectivity index (χ4v) is 3.14. The first-order chi connectivity index (χ1) is 12.1. The number of amides is 2.